The van der Waals surface area contributed by atoms with E-state index in [0.717, 1.165) is 0 Å². The number of piperidine rings is 1. The van der Waals surface area contributed by atoms with Gasteiger partial charge in [0.25, 0.3) is 0 Å². The third kappa shape index (κ3) is 5.95. The number of likely N-dealkylation sites (tertiary alicyclic amines) is 1. The molecule has 162 valence electrons. The largest absolute Gasteiger partial charge is 0.445 e. The van der Waals surface area contributed by atoms with Gasteiger partial charge in [-0.05, 0) is 57.2 Å². The number of anilines is 1. The van der Waals surface area contributed by atoms with E-state index < -0.39 is 17.5 Å². The first-order valence-electron chi connectivity index (χ1n) is 9.80. The minimum atomic E-state index is -0.718. The van der Waals surface area contributed by atoms with Gasteiger partial charge in [-0.25, -0.2) is 19.0 Å². The van der Waals surface area contributed by atoms with Crippen molar-refractivity contribution in [1.29, 1.82) is 0 Å². The first-order chi connectivity index (χ1) is 14.2. The summed E-state index contributed by atoms with van der Waals surface area (Å²) in [6.07, 6.45) is 2.90. The number of aromatic nitrogens is 1. The number of ether oxygens (including phenoxy) is 2. The molecule has 3 rings (SSSR count). The van der Waals surface area contributed by atoms with Gasteiger partial charge in [0.15, 0.2) is 18.8 Å². The third-order valence-electron chi connectivity index (χ3n) is 4.66. The minimum Gasteiger partial charge on any atom is -0.445 e. The summed E-state index contributed by atoms with van der Waals surface area (Å²) in [5.74, 6) is -0.000652. The van der Waals surface area contributed by atoms with Gasteiger partial charge < -0.3 is 18.8 Å². The average Bonchev–Trinajstić information content (AvgIpc) is 3.19. The molecule has 0 aliphatic carbocycles. The zero-order valence-corrected chi connectivity index (χ0v) is 17.3. The predicted octanol–water partition coefficient (Wildman–Crippen LogP) is 4.68. The molecule has 2 amide bonds. The predicted molar refractivity (Wildman–Crippen MR) is 106 cm³/mol. The fourth-order valence-electron chi connectivity index (χ4n) is 3.24. The molecule has 0 saturated carbocycles. The number of halogens is 1. The molecule has 0 atom stereocenters. The molecule has 1 aromatic carbocycles. The van der Waals surface area contributed by atoms with Crippen LogP contribution in [0.4, 0.5) is 19.7 Å². The number of hydrogen-bond donors (Lipinski definition) is 1. The van der Waals surface area contributed by atoms with Crippen molar-refractivity contribution in [3.63, 3.8) is 0 Å². The normalized spacial score (nSPS) is 15.0. The molecule has 30 heavy (non-hydrogen) atoms. The van der Waals surface area contributed by atoms with Crippen molar-refractivity contribution < 1.29 is 27.9 Å². The van der Waals surface area contributed by atoms with Gasteiger partial charge in [0.1, 0.15) is 11.4 Å². The molecule has 0 unspecified atom stereocenters. The van der Waals surface area contributed by atoms with Crippen LogP contribution in [-0.2, 0) is 16.1 Å². The summed E-state index contributed by atoms with van der Waals surface area (Å²) in [6, 6.07) is 4.56. The Kier molecular flexibility index (Phi) is 6.59. The van der Waals surface area contributed by atoms with Crippen LogP contribution in [0.1, 0.15) is 50.9 Å². The Morgan fingerprint density at radius 2 is 2.03 bits per heavy atom. The summed E-state index contributed by atoms with van der Waals surface area (Å²) >= 11 is 0. The van der Waals surface area contributed by atoms with Gasteiger partial charge in [-0.2, -0.15) is 0 Å². The third-order valence-corrected chi connectivity index (χ3v) is 4.66. The van der Waals surface area contributed by atoms with Gasteiger partial charge in [0.2, 0.25) is 0 Å². The van der Waals surface area contributed by atoms with E-state index in [4.69, 9.17) is 13.9 Å². The number of nitrogens with zero attached hydrogens (tertiary/aromatic N) is 2. The van der Waals surface area contributed by atoms with Crippen LogP contribution in [-0.4, -0.2) is 40.8 Å². The molecule has 1 N–H and O–H groups in total. The van der Waals surface area contributed by atoms with Crippen molar-refractivity contribution in [2.75, 3.05) is 18.4 Å². The fourth-order valence-corrected chi connectivity index (χ4v) is 3.24. The Morgan fingerprint density at radius 1 is 1.30 bits per heavy atom. The van der Waals surface area contributed by atoms with E-state index in [1.54, 1.807) is 17.0 Å². The van der Waals surface area contributed by atoms with Gasteiger partial charge >= 0.3 is 12.2 Å². The van der Waals surface area contributed by atoms with E-state index in [-0.39, 0.29) is 18.6 Å². The summed E-state index contributed by atoms with van der Waals surface area (Å²) in [4.78, 5) is 29.4. The molecule has 1 aliphatic rings. The summed E-state index contributed by atoms with van der Waals surface area (Å²) < 4.78 is 30.0. The Balaban J connectivity index is 1.52. The molecule has 0 bridgehead atoms. The average molecular weight is 419 g/mol. The lowest BCUT2D eigenvalue weighted by atomic mass is 9.89. The Bertz CT molecular complexity index is 871. The number of nitrogens with one attached hydrogen (secondary N) is 1. The Labute approximate surface area is 174 Å². The SMILES string of the molecule is CC(C)(C)OC(=O)N1CCC(c2ccc(NC(=O)OCc3cnco3)cc2F)CC1. The second kappa shape index (κ2) is 9.15. The first kappa shape index (κ1) is 21.6. The highest BCUT2D eigenvalue weighted by Crippen LogP contribution is 2.31. The lowest BCUT2D eigenvalue weighted by Crippen LogP contribution is -2.41. The standard InChI is InChI=1S/C21H26FN3O5/c1-21(2,3)30-20(27)25-8-6-14(7-9-25)17-5-4-15(10-18(17)22)24-19(26)28-12-16-11-23-13-29-16/h4-5,10-11,13-14H,6-9,12H2,1-3H3,(H,24,26). The second-order valence-corrected chi connectivity index (χ2v) is 8.15. The molecule has 1 saturated heterocycles. The smallest absolute Gasteiger partial charge is 0.412 e. The number of amides is 2. The number of rotatable bonds is 4. The van der Waals surface area contributed by atoms with E-state index in [0.29, 0.717) is 42.9 Å². The molecule has 1 aromatic heterocycles. The molecular formula is C21H26FN3O5. The van der Waals surface area contributed by atoms with Crippen LogP contribution in [0.3, 0.4) is 0 Å². The van der Waals surface area contributed by atoms with Gasteiger partial charge in [-0.3, -0.25) is 5.32 Å². The maximum atomic E-state index is 14.7. The van der Waals surface area contributed by atoms with Crippen LogP contribution in [0.25, 0.3) is 0 Å². The van der Waals surface area contributed by atoms with Crippen LogP contribution < -0.4 is 5.32 Å². The Hall–Kier alpha value is -3.10. The van der Waals surface area contributed by atoms with Gasteiger partial charge in [0.05, 0.1) is 6.20 Å². The highest BCUT2D eigenvalue weighted by atomic mass is 19.1. The molecule has 8 nitrogen and oxygen atoms in total. The molecule has 1 aliphatic heterocycles. The second-order valence-electron chi connectivity index (χ2n) is 8.15. The van der Waals surface area contributed by atoms with Crippen molar-refractivity contribution in [3.05, 3.63) is 47.9 Å². The van der Waals surface area contributed by atoms with Crippen molar-refractivity contribution in [3.8, 4) is 0 Å². The van der Waals surface area contributed by atoms with E-state index in [9.17, 15) is 14.0 Å². The van der Waals surface area contributed by atoms with Crippen LogP contribution in [0, 0.1) is 5.82 Å². The molecular weight excluding hydrogens is 393 g/mol. The van der Waals surface area contributed by atoms with Crippen LogP contribution in [0.2, 0.25) is 0 Å². The lowest BCUT2D eigenvalue weighted by Gasteiger charge is -2.33. The molecule has 1 fully saturated rings. The number of oxazole rings is 1. The highest BCUT2D eigenvalue weighted by Gasteiger charge is 2.28. The van der Waals surface area contributed by atoms with Crippen LogP contribution >= 0.6 is 0 Å². The quantitative estimate of drug-likeness (QED) is 0.774. The Morgan fingerprint density at radius 3 is 2.63 bits per heavy atom. The maximum absolute atomic E-state index is 14.7. The van der Waals surface area contributed by atoms with E-state index in [1.165, 1.54) is 18.7 Å². The van der Waals surface area contributed by atoms with E-state index >= 15 is 0 Å². The molecule has 2 heterocycles. The monoisotopic (exact) mass is 419 g/mol. The number of hydrogen-bond acceptors (Lipinski definition) is 6. The lowest BCUT2D eigenvalue weighted by molar-refractivity contribution is 0.0204. The van der Waals surface area contributed by atoms with E-state index in [2.05, 4.69) is 10.3 Å². The summed E-state index contributed by atoms with van der Waals surface area (Å²) in [7, 11) is 0. The fraction of sp³-hybridized carbons (Fsp3) is 0.476. The molecule has 0 spiro atoms. The summed E-state index contributed by atoms with van der Waals surface area (Å²) in [5.41, 5.74) is 0.322. The van der Waals surface area contributed by atoms with Crippen molar-refractivity contribution >= 4 is 17.9 Å². The highest BCUT2D eigenvalue weighted by molar-refractivity contribution is 5.84. The zero-order valence-electron chi connectivity index (χ0n) is 17.3. The number of carbonyl (C=O) groups is 2. The molecule has 0 radical (unpaired) electrons. The van der Waals surface area contributed by atoms with Crippen molar-refractivity contribution in [2.24, 2.45) is 0 Å². The van der Waals surface area contributed by atoms with Gasteiger partial charge in [-0.15, -0.1) is 0 Å². The minimum absolute atomic E-state index is 0.00357. The zero-order chi connectivity index (χ0) is 21.7. The first-order valence-corrected chi connectivity index (χ1v) is 9.80. The topological polar surface area (TPSA) is 93.9 Å². The number of carbonyl (C=O) groups excluding carboxylic acids is 2. The molecule has 2 aromatic rings. The van der Waals surface area contributed by atoms with Gasteiger partial charge in [-0.1, -0.05) is 6.07 Å². The summed E-state index contributed by atoms with van der Waals surface area (Å²) in [6.45, 7) is 6.43. The van der Waals surface area contributed by atoms with E-state index in [1.807, 2.05) is 20.8 Å². The number of benzene rings is 1. The van der Waals surface area contributed by atoms with Crippen LogP contribution in [0.15, 0.2) is 35.2 Å². The van der Waals surface area contributed by atoms with Gasteiger partial charge in [0, 0.05) is 18.8 Å². The summed E-state index contributed by atoms with van der Waals surface area (Å²) in [5, 5.41) is 2.49. The van der Waals surface area contributed by atoms with Crippen molar-refractivity contribution in [1.82, 2.24) is 9.88 Å². The maximum Gasteiger partial charge on any atom is 0.412 e. The van der Waals surface area contributed by atoms with Crippen LogP contribution in [0.5, 0.6) is 0 Å². The van der Waals surface area contributed by atoms with Crippen molar-refractivity contribution in [2.45, 2.75) is 51.7 Å². The molecule has 9 heteroatoms.